The Morgan fingerprint density at radius 3 is 2.57 bits per heavy atom. The highest BCUT2D eigenvalue weighted by Crippen LogP contribution is 2.39. The first-order valence-corrected chi connectivity index (χ1v) is 15.4. The van der Waals surface area contributed by atoms with Crippen LogP contribution < -0.4 is 15.4 Å². The van der Waals surface area contributed by atoms with E-state index in [-0.39, 0.29) is 30.7 Å². The number of carbonyl (C=O) groups excluding carboxylic acids is 3. The maximum Gasteiger partial charge on any atom is 0.341 e. The summed E-state index contributed by atoms with van der Waals surface area (Å²) in [5.74, 6) is 0.386. The Bertz CT molecular complexity index is 1570. The molecule has 1 aliphatic carbocycles. The molecule has 2 heterocycles. The molecule has 4 aromatic rings. The van der Waals surface area contributed by atoms with Gasteiger partial charge in [-0.2, -0.15) is 0 Å². The topological polar surface area (TPSA) is 124 Å². The van der Waals surface area contributed by atoms with E-state index in [1.807, 2.05) is 34.9 Å². The first-order valence-electron chi connectivity index (χ1n) is 13.6. The lowest BCUT2D eigenvalue weighted by Crippen LogP contribution is -2.25. The number of thioether (sulfide) groups is 1. The molecule has 0 aliphatic heterocycles. The monoisotopic (exact) mass is 605 g/mol. The summed E-state index contributed by atoms with van der Waals surface area (Å²) >= 11 is 2.69. The summed E-state index contributed by atoms with van der Waals surface area (Å²) < 4.78 is 12.3. The number of nitrogens with one attached hydrogen (secondary N) is 2. The summed E-state index contributed by atoms with van der Waals surface area (Å²) in [7, 11) is 1.57. The molecular weight excluding hydrogens is 574 g/mol. The van der Waals surface area contributed by atoms with E-state index in [0.717, 1.165) is 35.3 Å². The minimum absolute atomic E-state index is 0.0654. The van der Waals surface area contributed by atoms with Crippen LogP contribution in [-0.4, -0.2) is 52.0 Å². The zero-order chi connectivity index (χ0) is 29.5. The van der Waals surface area contributed by atoms with Gasteiger partial charge in [-0.3, -0.25) is 9.59 Å². The first kappa shape index (κ1) is 29.3. The number of amides is 2. The van der Waals surface area contributed by atoms with Crippen molar-refractivity contribution in [3.05, 3.63) is 87.6 Å². The van der Waals surface area contributed by atoms with Gasteiger partial charge in [-0.05, 0) is 61.6 Å². The molecule has 42 heavy (non-hydrogen) atoms. The Morgan fingerprint density at radius 1 is 1.05 bits per heavy atom. The standard InChI is InChI=1S/C30H31N5O5S2/c1-3-40-29(38)26-22-10-7-11-23(22)42-28(26)32-25(36)18-41-30-34-33-24(35(30)17-19-8-5-4-6-9-19)16-31-27(37)20-12-14-21(39-2)15-13-20/h4-6,8-9,12-15H,3,7,10-11,16-18H2,1-2H3,(H,31,37)(H,32,36). The van der Waals surface area contributed by atoms with Gasteiger partial charge in [0.15, 0.2) is 11.0 Å². The highest BCUT2D eigenvalue weighted by Gasteiger charge is 2.28. The van der Waals surface area contributed by atoms with Crippen molar-refractivity contribution in [2.75, 3.05) is 24.8 Å². The van der Waals surface area contributed by atoms with Crippen molar-refractivity contribution >= 4 is 45.9 Å². The largest absolute Gasteiger partial charge is 0.497 e. The van der Waals surface area contributed by atoms with Crippen LogP contribution in [0.25, 0.3) is 0 Å². The average Bonchev–Trinajstić information content (AvgIpc) is 3.70. The molecule has 0 radical (unpaired) electrons. The lowest BCUT2D eigenvalue weighted by atomic mass is 10.1. The van der Waals surface area contributed by atoms with Gasteiger partial charge in [0, 0.05) is 10.4 Å². The molecule has 0 bridgehead atoms. The van der Waals surface area contributed by atoms with Crippen LogP contribution in [0.3, 0.4) is 0 Å². The predicted octanol–water partition coefficient (Wildman–Crippen LogP) is 4.72. The van der Waals surface area contributed by atoms with Gasteiger partial charge in [0.2, 0.25) is 5.91 Å². The molecule has 2 amide bonds. The van der Waals surface area contributed by atoms with Crippen LogP contribution in [0.15, 0.2) is 59.8 Å². The Labute approximate surface area is 251 Å². The SMILES string of the molecule is CCOC(=O)c1c(NC(=O)CSc2nnc(CNC(=O)c3ccc(OC)cc3)n2Cc2ccccc2)sc2c1CCC2. The van der Waals surface area contributed by atoms with Gasteiger partial charge >= 0.3 is 5.97 Å². The third-order valence-corrected chi connectivity index (χ3v) is 8.90. The number of hydrogen-bond donors (Lipinski definition) is 2. The van der Waals surface area contributed by atoms with Gasteiger partial charge in [-0.25, -0.2) is 4.79 Å². The van der Waals surface area contributed by atoms with Gasteiger partial charge in [0.25, 0.3) is 5.91 Å². The average molecular weight is 606 g/mol. The number of methoxy groups -OCH3 is 1. The van der Waals surface area contributed by atoms with E-state index in [2.05, 4.69) is 20.8 Å². The lowest BCUT2D eigenvalue weighted by Gasteiger charge is -2.12. The van der Waals surface area contributed by atoms with Crippen molar-refractivity contribution in [3.8, 4) is 5.75 Å². The number of aromatic nitrogens is 3. The summed E-state index contributed by atoms with van der Waals surface area (Å²) in [5, 5.41) is 15.6. The summed E-state index contributed by atoms with van der Waals surface area (Å²) in [6.45, 7) is 2.66. The van der Waals surface area contributed by atoms with E-state index >= 15 is 0 Å². The summed E-state index contributed by atoms with van der Waals surface area (Å²) in [6.07, 6.45) is 2.71. The predicted molar refractivity (Wildman–Crippen MR) is 161 cm³/mol. The molecule has 5 rings (SSSR count). The first-order chi connectivity index (χ1) is 20.5. The van der Waals surface area contributed by atoms with Crippen LogP contribution in [0.2, 0.25) is 0 Å². The minimum Gasteiger partial charge on any atom is -0.497 e. The quantitative estimate of drug-likeness (QED) is 0.176. The lowest BCUT2D eigenvalue weighted by molar-refractivity contribution is -0.113. The minimum atomic E-state index is -0.399. The fourth-order valence-electron chi connectivity index (χ4n) is 4.69. The Hall–Kier alpha value is -4.16. The third-order valence-electron chi connectivity index (χ3n) is 6.72. The Balaban J connectivity index is 1.28. The Kier molecular flexibility index (Phi) is 9.55. The summed E-state index contributed by atoms with van der Waals surface area (Å²) in [5.41, 5.74) is 3.00. The molecule has 0 spiro atoms. The third kappa shape index (κ3) is 6.82. The maximum absolute atomic E-state index is 13.0. The van der Waals surface area contributed by atoms with E-state index in [9.17, 15) is 14.4 Å². The van der Waals surface area contributed by atoms with Crippen molar-refractivity contribution in [3.63, 3.8) is 0 Å². The normalized spacial score (nSPS) is 12.0. The summed E-state index contributed by atoms with van der Waals surface area (Å²) in [4.78, 5) is 39.6. The number of nitrogens with zero attached hydrogens (tertiary/aromatic N) is 3. The zero-order valence-electron chi connectivity index (χ0n) is 23.3. The van der Waals surface area contributed by atoms with Crippen LogP contribution in [0.5, 0.6) is 5.75 Å². The molecule has 12 heteroatoms. The van der Waals surface area contributed by atoms with E-state index in [4.69, 9.17) is 9.47 Å². The number of rotatable bonds is 12. The molecule has 218 valence electrons. The number of ether oxygens (including phenoxy) is 2. The molecular formula is C30H31N5O5S2. The number of benzene rings is 2. The Morgan fingerprint density at radius 2 is 1.83 bits per heavy atom. The fraction of sp³-hybridized carbons (Fsp3) is 0.300. The molecule has 10 nitrogen and oxygen atoms in total. The van der Waals surface area contributed by atoms with Crippen molar-refractivity contribution in [1.29, 1.82) is 0 Å². The maximum atomic E-state index is 13.0. The highest BCUT2D eigenvalue weighted by atomic mass is 32.2. The van der Waals surface area contributed by atoms with E-state index in [1.165, 1.54) is 23.1 Å². The number of esters is 1. The highest BCUT2D eigenvalue weighted by molar-refractivity contribution is 7.99. The number of carbonyl (C=O) groups is 3. The zero-order valence-corrected chi connectivity index (χ0v) is 25.0. The van der Waals surface area contributed by atoms with Crippen LogP contribution in [0, 0.1) is 0 Å². The van der Waals surface area contributed by atoms with E-state index in [1.54, 1.807) is 38.3 Å². The van der Waals surface area contributed by atoms with Gasteiger partial charge in [0.05, 0.1) is 38.1 Å². The second-order valence-corrected chi connectivity index (χ2v) is 11.5. The van der Waals surface area contributed by atoms with Gasteiger partial charge in [-0.1, -0.05) is 42.1 Å². The van der Waals surface area contributed by atoms with Crippen LogP contribution in [0.4, 0.5) is 5.00 Å². The number of thiophene rings is 1. The van der Waals surface area contributed by atoms with Crippen molar-refractivity contribution in [2.24, 2.45) is 0 Å². The smallest absolute Gasteiger partial charge is 0.341 e. The molecule has 0 atom stereocenters. The number of anilines is 1. The fourth-order valence-corrected chi connectivity index (χ4v) is 6.74. The van der Waals surface area contributed by atoms with Crippen LogP contribution >= 0.6 is 23.1 Å². The number of fused-ring (bicyclic) bond motifs is 1. The molecule has 1 aliphatic rings. The van der Waals surface area contributed by atoms with E-state index < -0.39 is 5.97 Å². The molecule has 0 fully saturated rings. The molecule has 2 N–H and O–H groups in total. The summed E-state index contributed by atoms with van der Waals surface area (Å²) in [6, 6.07) is 16.7. The van der Waals surface area contributed by atoms with Crippen molar-refractivity contribution in [2.45, 2.75) is 44.4 Å². The molecule has 2 aromatic heterocycles. The number of hydrogen-bond acceptors (Lipinski definition) is 9. The van der Waals surface area contributed by atoms with Crippen LogP contribution in [-0.2, 0) is 35.5 Å². The van der Waals surface area contributed by atoms with Crippen molar-refractivity contribution < 1.29 is 23.9 Å². The van der Waals surface area contributed by atoms with E-state index in [0.29, 0.717) is 39.4 Å². The van der Waals surface area contributed by atoms with Crippen LogP contribution in [0.1, 0.15) is 55.9 Å². The molecule has 0 unspecified atom stereocenters. The molecule has 2 aromatic carbocycles. The van der Waals surface area contributed by atoms with Gasteiger partial charge in [-0.15, -0.1) is 21.5 Å². The molecule has 0 saturated carbocycles. The second-order valence-electron chi connectivity index (χ2n) is 9.50. The van der Waals surface area contributed by atoms with Gasteiger partial charge < -0.3 is 24.7 Å². The van der Waals surface area contributed by atoms with Crippen molar-refractivity contribution in [1.82, 2.24) is 20.1 Å². The number of aryl methyl sites for hydroxylation is 1. The van der Waals surface area contributed by atoms with Gasteiger partial charge in [0.1, 0.15) is 10.8 Å². The second kappa shape index (κ2) is 13.7. The molecule has 0 saturated heterocycles.